The summed E-state index contributed by atoms with van der Waals surface area (Å²) in [5.74, 6) is 0.194. The number of nitrogens with zero attached hydrogens (tertiary/aromatic N) is 2. The average molecular weight is 355 g/mol. The van der Waals surface area contributed by atoms with E-state index >= 15 is 0 Å². The lowest BCUT2D eigenvalue weighted by Gasteiger charge is -2.23. The lowest BCUT2D eigenvalue weighted by Crippen LogP contribution is -2.14. The van der Waals surface area contributed by atoms with E-state index < -0.39 is 0 Å². The number of hydrogen-bond acceptors (Lipinski definition) is 4. The number of aromatic hydroxyl groups is 1. The SMILES string of the molecule is Cc1cccc(N[C@@H](c2cccnc2)c2ccc3cccnc3c2O)c1C. The Balaban J connectivity index is 1.86. The van der Waals surface area contributed by atoms with Crippen LogP contribution in [-0.4, -0.2) is 15.1 Å². The van der Waals surface area contributed by atoms with Crippen molar-refractivity contribution in [1.29, 1.82) is 0 Å². The summed E-state index contributed by atoms with van der Waals surface area (Å²) in [6.45, 7) is 4.19. The zero-order valence-electron chi connectivity index (χ0n) is 15.3. The van der Waals surface area contributed by atoms with Gasteiger partial charge in [-0.15, -0.1) is 0 Å². The number of nitrogens with one attached hydrogen (secondary N) is 1. The van der Waals surface area contributed by atoms with E-state index in [1.165, 1.54) is 11.1 Å². The lowest BCUT2D eigenvalue weighted by atomic mass is 9.96. The molecule has 2 heterocycles. The van der Waals surface area contributed by atoms with Crippen LogP contribution in [0.3, 0.4) is 0 Å². The van der Waals surface area contributed by atoms with E-state index in [9.17, 15) is 5.11 Å². The Labute approximate surface area is 158 Å². The Bertz CT molecular complexity index is 1090. The molecule has 1 atom stereocenters. The quantitative estimate of drug-likeness (QED) is 0.531. The summed E-state index contributed by atoms with van der Waals surface area (Å²) in [6.07, 6.45) is 5.27. The molecule has 2 aromatic heterocycles. The van der Waals surface area contributed by atoms with Gasteiger partial charge in [0.25, 0.3) is 0 Å². The number of benzene rings is 2. The van der Waals surface area contributed by atoms with E-state index in [1.807, 2.05) is 48.7 Å². The molecule has 0 fully saturated rings. The van der Waals surface area contributed by atoms with E-state index in [-0.39, 0.29) is 11.8 Å². The summed E-state index contributed by atoms with van der Waals surface area (Å²) in [6, 6.07) is 17.6. The highest BCUT2D eigenvalue weighted by Gasteiger charge is 2.20. The fraction of sp³-hybridized carbons (Fsp3) is 0.130. The van der Waals surface area contributed by atoms with E-state index in [0.717, 1.165) is 22.2 Å². The van der Waals surface area contributed by atoms with Crippen LogP contribution in [0, 0.1) is 13.8 Å². The van der Waals surface area contributed by atoms with Crippen molar-refractivity contribution < 1.29 is 5.11 Å². The minimum Gasteiger partial charge on any atom is -0.505 e. The molecule has 0 aliphatic rings. The molecule has 0 aliphatic carbocycles. The molecule has 0 radical (unpaired) electrons. The summed E-state index contributed by atoms with van der Waals surface area (Å²) in [7, 11) is 0. The Morgan fingerprint density at radius 1 is 0.926 bits per heavy atom. The van der Waals surface area contributed by atoms with E-state index in [0.29, 0.717) is 5.52 Å². The minimum atomic E-state index is -0.245. The molecule has 0 amide bonds. The summed E-state index contributed by atoms with van der Waals surface area (Å²) < 4.78 is 0. The van der Waals surface area contributed by atoms with E-state index in [1.54, 1.807) is 12.4 Å². The maximum absolute atomic E-state index is 11.0. The normalized spacial score (nSPS) is 12.1. The van der Waals surface area contributed by atoms with Crippen LogP contribution in [0.1, 0.15) is 28.3 Å². The van der Waals surface area contributed by atoms with Crippen molar-refractivity contribution in [3.8, 4) is 5.75 Å². The third-order valence-electron chi connectivity index (χ3n) is 5.01. The van der Waals surface area contributed by atoms with Crippen LogP contribution in [0.5, 0.6) is 5.75 Å². The maximum atomic E-state index is 11.0. The Kier molecular flexibility index (Phi) is 4.47. The van der Waals surface area contributed by atoms with Crippen LogP contribution in [0.25, 0.3) is 10.9 Å². The Morgan fingerprint density at radius 2 is 1.78 bits per heavy atom. The first kappa shape index (κ1) is 17.0. The van der Waals surface area contributed by atoms with Gasteiger partial charge in [0.15, 0.2) is 0 Å². The van der Waals surface area contributed by atoms with Crippen LogP contribution < -0.4 is 5.32 Å². The van der Waals surface area contributed by atoms with Crippen molar-refractivity contribution in [2.24, 2.45) is 0 Å². The fourth-order valence-electron chi connectivity index (χ4n) is 3.33. The van der Waals surface area contributed by atoms with Crippen molar-refractivity contribution in [1.82, 2.24) is 9.97 Å². The highest BCUT2D eigenvalue weighted by Crippen LogP contribution is 2.36. The van der Waals surface area contributed by atoms with E-state index in [2.05, 4.69) is 41.3 Å². The van der Waals surface area contributed by atoms with Crippen LogP contribution in [0.4, 0.5) is 5.69 Å². The predicted molar refractivity (Wildman–Crippen MR) is 109 cm³/mol. The first-order chi connectivity index (χ1) is 13.1. The number of aromatic nitrogens is 2. The van der Waals surface area contributed by atoms with Gasteiger partial charge in [0, 0.05) is 35.2 Å². The number of phenols is 1. The van der Waals surface area contributed by atoms with Crippen LogP contribution in [0.2, 0.25) is 0 Å². The van der Waals surface area contributed by atoms with Crippen LogP contribution in [0.15, 0.2) is 73.2 Å². The van der Waals surface area contributed by atoms with Gasteiger partial charge < -0.3 is 10.4 Å². The number of aryl methyl sites for hydroxylation is 1. The zero-order valence-corrected chi connectivity index (χ0v) is 15.3. The minimum absolute atomic E-state index is 0.194. The number of phenolic OH excluding ortho intramolecular Hbond substituents is 1. The Hall–Kier alpha value is -3.40. The first-order valence-corrected chi connectivity index (χ1v) is 8.94. The smallest absolute Gasteiger partial charge is 0.147 e. The molecule has 4 nitrogen and oxygen atoms in total. The zero-order chi connectivity index (χ0) is 18.8. The molecule has 0 unspecified atom stereocenters. The molecule has 0 saturated heterocycles. The maximum Gasteiger partial charge on any atom is 0.147 e. The molecule has 2 N–H and O–H groups in total. The molecule has 0 bridgehead atoms. The highest BCUT2D eigenvalue weighted by atomic mass is 16.3. The summed E-state index contributed by atoms with van der Waals surface area (Å²) >= 11 is 0. The number of rotatable bonds is 4. The largest absolute Gasteiger partial charge is 0.505 e. The molecular formula is C23H21N3O. The molecule has 4 rings (SSSR count). The molecule has 2 aromatic carbocycles. The van der Waals surface area contributed by atoms with Gasteiger partial charge in [0.1, 0.15) is 11.3 Å². The standard InChI is InChI=1S/C23H21N3O/c1-15-6-3-9-20(16(15)2)26-21(18-8-4-12-24-14-18)19-11-10-17-7-5-13-25-22(17)23(19)27/h3-14,21,26-27H,1-2H3/t21-/m0/s1. The molecule has 0 saturated carbocycles. The fourth-order valence-corrected chi connectivity index (χ4v) is 3.33. The second kappa shape index (κ2) is 7.08. The van der Waals surface area contributed by atoms with Gasteiger partial charge in [0.05, 0.1) is 6.04 Å². The third kappa shape index (κ3) is 3.22. The van der Waals surface area contributed by atoms with Gasteiger partial charge in [0.2, 0.25) is 0 Å². The van der Waals surface area contributed by atoms with Gasteiger partial charge in [-0.25, -0.2) is 0 Å². The van der Waals surface area contributed by atoms with Gasteiger partial charge in [-0.1, -0.05) is 36.4 Å². The molecule has 27 heavy (non-hydrogen) atoms. The molecule has 4 heteroatoms. The lowest BCUT2D eigenvalue weighted by molar-refractivity contribution is 0.471. The van der Waals surface area contributed by atoms with Crippen molar-refractivity contribution in [3.05, 3.63) is 95.4 Å². The molecule has 0 aliphatic heterocycles. The van der Waals surface area contributed by atoms with Crippen molar-refractivity contribution in [2.45, 2.75) is 19.9 Å². The molecular weight excluding hydrogens is 334 g/mol. The van der Waals surface area contributed by atoms with Gasteiger partial charge in [-0.2, -0.15) is 0 Å². The van der Waals surface area contributed by atoms with Gasteiger partial charge in [-0.3, -0.25) is 9.97 Å². The topological polar surface area (TPSA) is 58.0 Å². The number of hydrogen-bond donors (Lipinski definition) is 2. The highest BCUT2D eigenvalue weighted by molar-refractivity contribution is 5.86. The van der Waals surface area contributed by atoms with Gasteiger partial charge in [-0.05, 0) is 48.7 Å². The van der Waals surface area contributed by atoms with Crippen LogP contribution in [-0.2, 0) is 0 Å². The average Bonchev–Trinajstić information content (AvgIpc) is 2.71. The second-order valence-electron chi connectivity index (χ2n) is 6.69. The van der Waals surface area contributed by atoms with Gasteiger partial charge >= 0.3 is 0 Å². The van der Waals surface area contributed by atoms with Crippen molar-refractivity contribution in [2.75, 3.05) is 5.32 Å². The summed E-state index contributed by atoms with van der Waals surface area (Å²) in [5, 5.41) is 15.5. The van der Waals surface area contributed by atoms with Crippen LogP contribution >= 0.6 is 0 Å². The molecule has 4 aromatic rings. The third-order valence-corrected chi connectivity index (χ3v) is 5.01. The second-order valence-corrected chi connectivity index (χ2v) is 6.69. The first-order valence-electron chi connectivity index (χ1n) is 8.94. The molecule has 134 valence electrons. The summed E-state index contributed by atoms with van der Waals surface area (Å²) in [4.78, 5) is 8.63. The Morgan fingerprint density at radius 3 is 2.59 bits per heavy atom. The predicted octanol–water partition coefficient (Wildman–Crippen LogP) is 5.15. The van der Waals surface area contributed by atoms with E-state index in [4.69, 9.17) is 0 Å². The number of anilines is 1. The molecule has 0 spiro atoms. The van der Waals surface area contributed by atoms with Crippen molar-refractivity contribution >= 4 is 16.6 Å². The summed E-state index contributed by atoms with van der Waals surface area (Å²) in [5.41, 5.74) is 5.79. The number of pyridine rings is 2. The number of fused-ring (bicyclic) bond motifs is 1. The monoisotopic (exact) mass is 355 g/mol. The van der Waals surface area contributed by atoms with Crippen molar-refractivity contribution in [3.63, 3.8) is 0 Å².